The molecule has 1 unspecified atom stereocenters. The highest BCUT2D eigenvalue weighted by Gasteiger charge is 2.24. The van der Waals surface area contributed by atoms with Gasteiger partial charge in [-0.3, -0.25) is 4.79 Å². The lowest BCUT2D eigenvalue weighted by Crippen LogP contribution is -2.42. The number of allylic oxidation sites excluding steroid dienone is 1. The number of hydrogen-bond acceptors (Lipinski definition) is 5. The number of carbonyl (C=O) groups is 1. The highest BCUT2D eigenvalue weighted by atomic mass is 35.5. The number of halogens is 1. The third kappa shape index (κ3) is 7.89. The Morgan fingerprint density at radius 1 is 1.37 bits per heavy atom. The first-order valence-electron chi connectivity index (χ1n) is 9.39. The summed E-state index contributed by atoms with van der Waals surface area (Å²) < 4.78 is 0. The molecule has 1 rings (SSSR count). The van der Waals surface area contributed by atoms with Gasteiger partial charge in [-0.05, 0) is 37.0 Å². The van der Waals surface area contributed by atoms with E-state index in [0.717, 1.165) is 12.0 Å². The molecule has 0 heterocycles. The Morgan fingerprint density at radius 2 is 2.11 bits per heavy atom. The molecular formula is C20H32ClN3O3. The molecule has 4 N–H and O–H groups in total. The van der Waals surface area contributed by atoms with Gasteiger partial charge in [-0.15, -0.1) is 0 Å². The monoisotopic (exact) mass is 397 g/mol. The number of nitrogens with zero attached hydrogens (tertiary/aromatic N) is 1. The summed E-state index contributed by atoms with van der Waals surface area (Å²) in [7, 11) is 1.78. The molecule has 1 atom stereocenters. The van der Waals surface area contributed by atoms with Gasteiger partial charge in [0.05, 0.1) is 29.3 Å². The van der Waals surface area contributed by atoms with Gasteiger partial charge in [-0.2, -0.15) is 0 Å². The van der Waals surface area contributed by atoms with E-state index < -0.39 is 5.60 Å². The van der Waals surface area contributed by atoms with Gasteiger partial charge in [0, 0.05) is 19.8 Å². The van der Waals surface area contributed by atoms with Crippen molar-refractivity contribution < 1.29 is 15.0 Å². The Balaban J connectivity index is 2.77. The van der Waals surface area contributed by atoms with Gasteiger partial charge in [-0.25, -0.2) is 5.43 Å². The van der Waals surface area contributed by atoms with Crippen LogP contribution in [-0.2, 0) is 6.42 Å². The average molecular weight is 398 g/mol. The zero-order valence-electron chi connectivity index (χ0n) is 16.5. The largest absolute Gasteiger partial charge is 0.394 e. The minimum absolute atomic E-state index is 0.0542. The van der Waals surface area contributed by atoms with Gasteiger partial charge >= 0.3 is 0 Å². The van der Waals surface area contributed by atoms with Crippen LogP contribution in [0.15, 0.2) is 30.5 Å². The molecule has 7 heteroatoms. The van der Waals surface area contributed by atoms with Crippen molar-refractivity contribution in [3.05, 3.63) is 46.6 Å². The van der Waals surface area contributed by atoms with E-state index in [1.54, 1.807) is 24.2 Å². The zero-order chi connectivity index (χ0) is 20.3. The molecule has 0 radical (unpaired) electrons. The van der Waals surface area contributed by atoms with Crippen LogP contribution in [0, 0.1) is 0 Å². The number of aliphatic hydroxyl groups is 2. The molecule has 152 valence electrons. The van der Waals surface area contributed by atoms with Gasteiger partial charge in [0.15, 0.2) is 0 Å². The van der Waals surface area contributed by atoms with Crippen LogP contribution >= 0.6 is 11.6 Å². The summed E-state index contributed by atoms with van der Waals surface area (Å²) in [6.45, 7) is 4.66. The smallest absolute Gasteiger partial charge is 0.252 e. The second-order valence-electron chi connectivity index (χ2n) is 6.55. The van der Waals surface area contributed by atoms with E-state index >= 15 is 0 Å². The number of hydrazine groups is 1. The minimum atomic E-state index is -0.888. The molecule has 0 saturated carbocycles. The summed E-state index contributed by atoms with van der Waals surface area (Å²) in [6, 6.07) is 5.35. The lowest BCUT2D eigenvalue weighted by molar-refractivity contribution is 0.0263. The maximum absolute atomic E-state index is 12.5. The van der Waals surface area contributed by atoms with Crippen molar-refractivity contribution >= 4 is 17.5 Å². The second-order valence-corrected chi connectivity index (χ2v) is 6.96. The predicted octanol–water partition coefficient (Wildman–Crippen LogP) is 2.50. The summed E-state index contributed by atoms with van der Waals surface area (Å²) in [5.41, 5.74) is 3.41. The van der Waals surface area contributed by atoms with Crippen molar-refractivity contribution in [2.75, 3.05) is 26.7 Å². The van der Waals surface area contributed by atoms with Crippen molar-refractivity contribution in [3.63, 3.8) is 0 Å². The third-order valence-electron chi connectivity index (χ3n) is 4.49. The van der Waals surface area contributed by atoms with Crippen LogP contribution < -0.4 is 10.7 Å². The van der Waals surface area contributed by atoms with Crippen LogP contribution in [0.5, 0.6) is 0 Å². The molecule has 0 aliphatic rings. The maximum atomic E-state index is 12.5. The van der Waals surface area contributed by atoms with Crippen molar-refractivity contribution in [1.82, 2.24) is 15.8 Å². The standard InChI is InChI=1S/C20H32ClN3O3/c1-4-10-20(27,5-2)15-23-19(26)17-14-16(8-9-18(17)21)7-6-11-24(22-3)12-13-25/h6,8-9,11,14,22,25,27H,4-5,7,10,12-13,15H2,1-3H3,(H,23,26)/b11-6-. The van der Waals surface area contributed by atoms with E-state index in [1.165, 1.54) is 0 Å². The Morgan fingerprint density at radius 3 is 2.70 bits per heavy atom. The third-order valence-corrected chi connectivity index (χ3v) is 4.82. The minimum Gasteiger partial charge on any atom is -0.394 e. The first-order chi connectivity index (χ1) is 12.9. The fourth-order valence-corrected chi connectivity index (χ4v) is 2.96. The van der Waals surface area contributed by atoms with Crippen LogP contribution in [0.4, 0.5) is 0 Å². The number of hydrogen-bond donors (Lipinski definition) is 4. The van der Waals surface area contributed by atoms with E-state index in [4.69, 9.17) is 16.7 Å². The topological polar surface area (TPSA) is 84.8 Å². The summed E-state index contributed by atoms with van der Waals surface area (Å²) in [5, 5.41) is 24.4. The lowest BCUT2D eigenvalue weighted by Gasteiger charge is -2.26. The molecule has 1 aromatic rings. The fourth-order valence-electron chi connectivity index (χ4n) is 2.75. The number of benzene rings is 1. The molecule has 0 saturated heterocycles. The van der Waals surface area contributed by atoms with E-state index in [0.29, 0.717) is 36.4 Å². The van der Waals surface area contributed by atoms with Crippen molar-refractivity contribution in [2.45, 2.75) is 45.1 Å². The summed E-state index contributed by atoms with van der Waals surface area (Å²) in [5.74, 6) is -0.286. The van der Waals surface area contributed by atoms with Gasteiger partial charge in [0.2, 0.25) is 0 Å². The molecule has 0 bridgehead atoms. The van der Waals surface area contributed by atoms with Crippen LogP contribution in [0.1, 0.15) is 49.0 Å². The van der Waals surface area contributed by atoms with Crippen LogP contribution in [-0.4, -0.2) is 53.5 Å². The maximum Gasteiger partial charge on any atom is 0.252 e. The Bertz CT molecular complexity index is 624. The van der Waals surface area contributed by atoms with Crippen molar-refractivity contribution in [2.24, 2.45) is 0 Å². The molecule has 27 heavy (non-hydrogen) atoms. The number of nitrogens with one attached hydrogen (secondary N) is 2. The Kier molecular flexibility index (Phi) is 10.4. The molecule has 1 aromatic carbocycles. The molecule has 0 aliphatic carbocycles. The zero-order valence-corrected chi connectivity index (χ0v) is 17.2. The second kappa shape index (κ2) is 12.0. The molecule has 6 nitrogen and oxygen atoms in total. The molecular weight excluding hydrogens is 366 g/mol. The molecule has 0 aromatic heterocycles. The van der Waals surface area contributed by atoms with E-state index in [1.807, 2.05) is 32.2 Å². The van der Waals surface area contributed by atoms with Crippen LogP contribution in [0.25, 0.3) is 0 Å². The fraction of sp³-hybridized carbons (Fsp3) is 0.550. The molecule has 0 fully saturated rings. The van der Waals surface area contributed by atoms with Crippen LogP contribution in [0.2, 0.25) is 5.02 Å². The normalized spacial score (nSPS) is 13.6. The molecule has 1 amide bonds. The molecule has 0 spiro atoms. The summed E-state index contributed by atoms with van der Waals surface area (Å²) in [6.07, 6.45) is 6.47. The average Bonchev–Trinajstić information content (AvgIpc) is 2.67. The van der Waals surface area contributed by atoms with Gasteiger partial charge in [0.25, 0.3) is 5.91 Å². The van der Waals surface area contributed by atoms with Gasteiger partial charge < -0.3 is 20.5 Å². The van der Waals surface area contributed by atoms with Gasteiger partial charge in [-0.1, -0.05) is 44.0 Å². The van der Waals surface area contributed by atoms with E-state index in [-0.39, 0.29) is 19.1 Å². The predicted molar refractivity (Wildman–Crippen MR) is 110 cm³/mol. The lowest BCUT2D eigenvalue weighted by atomic mass is 9.95. The van der Waals surface area contributed by atoms with E-state index in [9.17, 15) is 9.90 Å². The SMILES string of the molecule is CCCC(O)(CC)CNC(=O)c1cc(C/C=C\N(CCO)NC)ccc1Cl. The molecule has 0 aliphatic heterocycles. The van der Waals surface area contributed by atoms with Crippen molar-refractivity contribution in [3.8, 4) is 0 Å². The quantitative estimate of drug-likeness (QED) is 0.407. The summed E-state index contributed by atoms with van der Waals surface area (Å²) >= 11 is 6.20. The number of rotatable bonds is 12. The van der Waals surface area contributed by atoms with Crippen molar-refractivity contribution in [1.29, 1.82) is 0 Å². The number of amides is 1. The number of carbonyl (C=O) groups excluding carboxylic acids is 1. The van der Waals surface area contributed by atoms with E-state index in [2.05, 4.69) is 10.7 Å². The first kappa shape index (κ1) is 23.4. The number of aliphatic hydroxyl groups excluding tert-OH is 1. The summed E-state index contributed by atoms with van der Waals surface area (Å²) in [4.78, 5) is 12.5. The van der Waals surface area contributed by atoms with Gasteiger partial charge in [0.1, 0.15) is 0 Å². The highest BCUT2D eigenvalue weighted by molar-refractivity contribution is 6.33. The van der Waals surface area contributed by atoms with Crippen LogP contribution in [0.3, 0.4) is 0 Å². The highest BCUT2D eigenvalue weighted by Crippen LogP contribution is 2.20. The Labute approximate surface area is 167 Å². The Hall–Kier alpha value is -1.60. The first-order valence-corrected chi connectivity index (χ1v) is 9.77.